The first-order valence-electron chi connectivity index (χ1n) is 5.50. The maximum Gasteiger partial charge on any atom is 0.133 e. The first kappa shape index (κ1) is 13.5. The fraction of sp³-hybridized carbons (Fsp3) is 0.500. The zero-order valence-electron chi connectivity index (χ0n) is 9.50. The Morgan fingerprint density at radius 3 is 2.88 bits per heavy atom. The van der Waals surface area contributed by atoms with Crippen LogP contribution in [0.25, 0.3) is 0 Å². The molecule has 0 atom stereocenters. The average molecular weight is 288 g/mol. The smallest absolute Gasteiger partial charge is 0.133 e. The van der Waals surface area contributed by atoms with Crippen LogP contribution in [0.1, 0.15) is 18.9 Å². The molecule has 1 aromatic rings. The molecule has 4 heteroatoms. The molecule has 0 fully saturated rings. The van der Waals surface area contributed by atoms with Crippen molar-refractivity contribution >= 4 is 15.9 Å². The van der Waals surface area contributed by atoms with Crippen molar-refractivity contribution in [3.63, 3.8) is 0 Å². The molecule has 1 aromatic carbocycles. The highest BCUT2D eigenvalue weighted by Crippen LogP contribution is 2.25. The van der Waals surface area contributed by atoms with Crippen LogP contribution in [-0.2, 0) is 6.54 Å². The van der Waals surface area contributed by atoms with Crippen molar-refractivity contribution in [2.24, 2.45) is 0 Å². The van der Waals surface area contributed by atoms with Crippen LogP contribution < -0.4 is 10.1 Å². The summed E-state index contributed by atoms with van der Waals surface area (Å²) in [6.45, 7) is 4.40. The highest BCUT2D eigenvalue weighted by molar-refractivity contribution is 9.10. The van der Waals surface area contributed by atoms with Crippen molar-refractivity contribution in [1.29, 1.82) is 0 Å². The van der Waals surface area contributed by atoms with E-state index in [2.05, 4.69) is 28.2 Å². The molecule has 2 N–H and O–H groups in total. The van der Waals surface area contributed by atoms with Crippen LogP contribution in [0.2, 0.25) is 0 Å². The van der Waals surface area contributed by atoms with Gasteiger partial charge in [-0.05, 0) is 46.6 Å². The molecular weight excluding hydrogens is 270 g/mol. The zero-order valence-corrected chi connectivity index (χ0v) is 11.1. The summed E-state index contributed by atoms with van der Waals surface area (Å²) < 4.78 is 6.28. The summed E-state index contributed by atoms with van der Waals surface area (Å²) in [5.74, 6) is 0.772. The fourth-order valence-electron chi connectivity index (χ4n) is 1.34. The van der Waals surface area contributed by atoms with E-state index in [0.717, 1.165) is 29.7 Å². The Kier molecular flexibility index (Phi) is 6.45. The lowest BCUT2D eigenvalue weighted by Gasteiger charge is -2.09. The Morgan fingerprint density at radius 2 is 2.25 bits per heavy atom. The molecule has 0 aliphatic carbocycles. The molecular formula is C12H18BrNO2. The summed E-state index contributed by atoms with van der Waals surface area (Å²) in [5.41, 5.74) is 1.22. The second-order valence-corrected chi connectivity index (χ2v) is 4.37. The van der Waals surface area contributed by atoms with Crippen LogP contribution >= 0.6 is 15.9 Å². The molecule has 0 aliphatic rings. The standard InChI is InChI=1S/C12H18BrNO2/c1-2-5-14-9-10-3-4-12(11(13)8-10)16-7-6-15/h3-4,8,14-15H,2,5-7,9H2,1H3. The lowest BCUT2D eigenvalue weighted by Crippen LogP contribution is -2.13. The van der Waals surface area contributed by atoms with Gasteiger partial charge < -0.3 is 15.2 Å². The highest BCUT2D eigenvalue weighted by Gasteiger charge is 2.02. The van der Waals surface area contributed by atoms with Crippen LogP contribution in [0.4, 0.5) is 0 Å². The molecule has 0 aromatic heterocycles. The number of hydrogen-bond donors (Lipinski definition) is 2. The molecule has 0 saturated heterocycles. The van der Waals surface area contributed by atoms with Gasteiger partial charge in [0.15, 0.2) is 0 Å². The van der Waals surface area contributed by atoms with Crippen LogP contribution in [0.15, 0.2) is 22.7 Å². The molecule has 90 valence electrons. The zero-order chi connectivity index (χ0) is 11.8. The summed E-state index contributed by atoms with van der Waals surface area (Å²) in [5, 5.41) is 12.0. The van der Waals surface area contributed by atoms with Crippen molar-refractivity contribution in [1.82, 2.24) is 5.32 Å². The van der Waals surface area contributed by atoms with E-state index in [1.54, 1.807) is 0 Å². The van der Waals surface area contributed by atoms with E-state index in [4.69, 9.17) is 9.84 Å². The number of rotatable bonds is 7. The SMILES string of the molecule is CCCNCc1ccc(OCCO)c(Br)c1. The van der Waals surface area contributed by atoms with Crippen LogP contribution in [0.5, 0.6) is 5.75 Å². The molecule has 16 heavy (non-hydrogen) atoms. The topological polar surface area (TPSA) is 41.5 Å². The molecule has 0 radical (unpaired) electrons. The van der Waals surface area contributed by atoms with Gasteiger partial charge in [-0.1, -0.05) is 13.0 Å². The minimum absolute atomic E-state index is 0.0340. The number of aliphatic hydroxyl groups is 1. The molecule has 0 amide bonds. The quantitative estimate of drug-likeness (QED) is 0.757. The molecule has 0 saturated carbocycles. The second-order valence-electron chi connectivity index (χ2n) is 3.51. The van der Waals surface area contributed by atoms with E-state index >= 15 is 0 Å². The number of aliphatic hydroxyl groups excluding tert-OH is 1. The van der Waals surface area contributed by atoms with Gasteiger partial charge >= 0.3 is 0 Å². The third-order valence-electron chi connectivity index (χ3n) is 2.10. The number of halogens is 1. The van der Waals surface area contributed by atoms with E-state index in [1.165, 1.54) is 5.56 Å². The van der Waals surface area contributed by atoms with Gasteiger partial charge in [-0.15, -0.1) is 0 Å². The maximum atomic E-state index is 8.67. The van der Waals surface area contributed by atoms with Crippen LogP contribution in [-0.4, -0.2) is 24.9 Å². The van der Waals surface area contributed by atoms with Gasteiger partial charge in [-0.25, -0.2) is 0 Å². The van der Waals surface area contributed by atoms with Gasteiger partial charge in [0.05, 0.1) is 11.1 Å². The van der Waals surface area contributed by atoms with Gasteiger partial charge in [0.25, 0.3) is 0 Å². The number of ether oxygens (including phenoxy) is 1. The summed E-state index contributed by atoms with van der Waals surface area (Å²) in [7, 11) is 0. The van der Waals surface area contributed by atoms with Crippen molar-refractivity contribution in [2.45, 2.75) is 19.9 Å². The normalized spacial score (nSPS) is 10.4. The van der Waals surface area contributed by atoms with E-state index in [1.807, 2.05) is 18.2 Å². The Bertz CT molecular complexity index is 318. The van der Waals surface area contributed by atoms with E-state index in [9.17, 15) is 0 Å². The van der Waals surface area contributed by atoms with Crippen LogP contribution in [0.3, 0.4) is 0 Å². The molecule has 3 nitrogen and oxygen atoms in total. The van der Waals surface area contributed by atoms with Crippen molar-refractivity contribution < 1.29 is 9.84 Å². The van der Waals surface area contributed by atoms with Gasteiger partial charge in [0.1, 0.15) is 12.4 Å². The number of nitrogens with one attached hydrogen (secondary N) is 1. The molecule has 0 aliphatic heterocycles. The lowest BCUT2D eigenvalue weighted by atomic mass is 10.2. The predicted molar refractivity (Wildman–Crippen MR) is 68.7 cm³/mol. The van der Waals surface area contributed by atoms with E-state index < -0.39 is 0 Å². The monoisotopic (exact) mass is 287 g/mol. The molecule has 1 rings (SSSR count). The lowest BCUT2D eigenvalue weighted by molar-refractivity contribution is 0.200. The summed E-state index contributed by atoms with van der Waals surface area (Å²) in [6, 6.07) is 5.98. The van der Waals surface area contributed by atoms with Crippen molar-refractivity contribution in [2.75, 3.05) is 19.8 Å². The Morgan fingerprint density at radius 1 is 1.44 bits per heavy atom. The number of benzene rings is 1. The van der Waals surface area contributed by atoms with Gasteiger partial charge in [-0.2, -0.15) is 0 Å². The first-order valence-corrected chi connectivity index (χ1v) is 6.30. The second kappa shape index (κ2) is 7.65. The van der Waals surface area contributed by atoms with Gasteiger partial charge in [0.2, 0.25) is 0 Å². The Hall–Kier alpha value is -0.580. The largest absolute Gasteiger partial charge is 0.490 e. The Balaban J connectivity index is 2.53. The maximum absolute atomic E-state index is 8.67. The minimum atomic E-state index is 0.0340. The predicted octanol–water partition coefficient (Wildman–Crippen LogP) is 2.32. The molecule has 0 unspecified atom stereocenters. The number of hydrogen-bond acceptors (Lipinski definition) is 3. The Labute approximate surface area is 105 Å². The highest BCUT2D eigenvalue weighted by atomic mass is 79.9. The van der Waals surface area contributed by atoms with Crippen molar-refractivity contribution in [3.8, 4) is 5.75 Å². The van der Waals surface area contributed by atoms with Crippen LogP contribution in [0, 0.1) is 0 Å². The minimum Gasteiger partial charge on any atom is -0.490 e. The van der Waals surface area contributed by atoms with E-state index in [0.29, 0.717) is 6.61 Å². The van der Waals surface area contributed by atoms with Gasteiger partial charge in [0, 0.05) is 6.54 Å². The summed E-state index contributed by atoms with van der Waals surface area (Å²) in [6.07, 6.45) is 1.14. The summed E-state index contributed by atoms with van der Waals surface area (Å²) in [4.78, 5) is 0. The fourth-order valence-corrected chi connectivity index (χ4v) is 1.88. The third kappa shape index (κ3) is 4.51. The third-order valence-corrected chi connectivity index (χ3v) is 2.72. The summed E-state index contributed by atoms with van der Waals surface area (Å²) >= 11 is 3.45. The van der Waals surface area contributed by atoms with Gasteiger partial charge in [-0.3, -0.25) is 0 Å². The first-order chi connectivity index (χ1) is 7.77. The van der Waals surface area contributed by atoms with Crippen molar-refractivity contribution in [3.05, 3.63) is 28.2 Å². The molecule has 0 bridgehead atoms. The molecule has 0 spiro atoms. The van der Waals surface area contributed by atoms with E-state index in [-0.39, 0.29) is 6.61 Å². The molecule has 0 heterocycles. The average Bonchev–Trinajstić information content (AvgIpc) is 2.28.